The molecule has 21 heavy (non-hydrogen) atoms. The Hall–Kier alpha value is -1.58. The molecule has 0 saturated heterocycles. The van der Waals surface area contributed by atoms with E-state index in [9.17, 15) is 14.9 Å². The summed E-state index contributed by atoms with van der Waals surface area (Å²) < 4.78 is 0.799. The second-order valence-corrected chi connectivity index (χ2v) is 5.68. The van der Waals surface area contributed by atoms with E-state index >= 15 is 0 Å². The smallest absolute Gasteiger partial charge is 0.270 e. The molecule has 7 nitrogen and oxygen atoms in total. The van der Waals surface area contributed by atoms with Crippen LogP contribution in [0.1, 0.15) is 10.4 Å². The summed E-state index contributed by atoms with van der Waals surface area (Å²) in [5.41, 5.74) is -0.256. The van der Waals surface area contributed by atoms with Crippen molar-refractivity contribution in [1.82, 2.24) is 9.97 Å². The minimum absolute atomic E-state index is 0.0255. The minimum Gasteiger partial charge on any atom is -0.304 e. The normalized spacial score (nSPS) is 10.2. The van der Waals surface area contributed by atoms with Gasteiger partial charge < -0.3 is 5.32 Å². The average Bonchev–Trinajstić information content (AvgIpc) is 2.42. The number of aromatic nitrogens is 2. The Labute approximate surface area is 140 Å². The predicted octanol–water partition coefficient (Wildman–Crippen LogP) is 3.82. The van der Waals surface area contributed by atoms with Gasteiger partial charge in [-0.25, -0.2) is 9.97 Å². The SMILES string of the molecule is O=C(Nc1ncc(Br)nc1Br)c1cc([N+](=O)[O-])ccc1Cl. The Morgan fingerprint density at radius 3 is 2.71 bits per heavy atom. The Balaban J connectivity index is 2.32. The number of benzene rings is 1. The van der Waals surface area contributed by atoms with Crippen LogP contribution in [0.2, 0.25) is 5.02 Å². The minimum atomic E-state index is -0.624. The van der Waals surface area contributed by atoms with Crippen LogP contribution in [-0.4, -0.2) is 20.8 Å². The van der Waals surface area contributed by atoms with Gasteiger partial charge in [0.2, 0.25) is 0 Å². The Morgan fingerprint density at radius 2 is 2.10 bits per heavy atom. The number of anilines is 1. The van der Waals surface area contributed by atoms with Crippen LogP contribution in [0.4, 0.5) is 11.5 Å². The maximum absolute atomic E-state index is 12.1. The van der Waals surface area contributed by atoms with E-state index in [-0.39, 0.29) is 22.1 Å². The lowest BCUT2D eigenvalue weighted by molar-refractivity contribution is -0.384. The van der Waals surface area contributed by atoms with Crippen molar-refractivity contribution in [3.05, 3.63) is 54.3 Å². The molecule has 0 aliphatic rings. The fourth-order valence-electron chi connectivity index (χ4n) is 1.41. The van der Waals surface area contributed by atoms with Crippen LogP contribution in [0.25, 0.3) is 0 Å². The number of halogens is 3. The molecular weight excluding hydrogens is 431 g/mol. The molecule has 0 atom stereocenters. The van der Waals surface area contributed by atoms with Gasteiger partial charge in [-0.1, -0.05) is 11.6 Å². The van der Waals surface area contributed by atoms with Crippen LogP contribution in [-0.2, 0) is 0 Å². The molecule has 0 saturated carbocycles. The van der Waals surface area contributed by atoms with E-state index in [1.807, 2.05) is 0 Å². The maximum Gasteiger partial charge on any atom is 0.270 e. The number of hydrogen-bond acceptors (Lipinski definition) is 5. The first kappa shape index (κ1) is 15.8. The van der Waals surface area contributed by atoms with Crippen molar-refractivity contribution in [1.29, 1.82) is 0 Å². The third-order valence-corrected chi connectivity index (χ3v) is 3.60. The molecule has 1 aromatic carbocycles. The first-order chi connectivity index (χ1) is 9.88. The predicted molar refractivity (Wildman–Crippen MR) is 83.5 cm³/mol. The van der Waals surface area contributed by atoms with E-state index in [1.54, 1.807) is 0 Å². The second kappa shape index (κ2) is 6.46. The summed E-state index contributed by atoms with van der Waals surface area (Å²) in [6, 6.07) is 3.60. The van der Waals surface area contributed by atoms with Gasteiger partial charge in [-0.3, -0.25) is 14.9 Å². The van der Waals surface area contributed by atoms with Gasteiger partial charge in [0.25, 0.3) is 11.6 Å². The fraction of sp³-hybridized carbons (Fsp3) is 0. The van der Waals surface area contributed by atoms with Crippen molar-refractivity contribution in [2.45, 2.75) is 0 Å². The standard InChI is InChI=1S/C11H5Br2ClN4O3/c12-8-4-15-10(9(13)16-8)17-11(19)6-3-5(18(20)21)1-2-7(6)14/h1-4H,(H,15,17,19). The highest BCUT2D eigenvalue weighted by Gasteiger charge is 2.17. The van der Waals surface area contributed by atoms with Gasteiger partial charge in [0.05, 0.1) is 21.7 Å². The van der Waals surface area contributed by atoms with Gasteiger partial charge in [0.15, 0.2) is 5.82 Å². The average molecular weight is 436 g/mol. The van der Waals surface area contributed by atoms with E-state index in [0.29, 0.717) is 9.21 Å². The molecule has 0 spiro atoms. The zero-order valence-electron chi connectivity index (χ0n) is 10.0. The highest BCUT2D eigenvalue weighted by Crippen LogP contribution is 2.24. The second-order valence-electron chi connectivity index (χ2n) is 3.71. The van der Waals surface area contributed by atoms with Crippen molar-refractivity contribution in [2.75, 3.05) is 5.32 Å². The van der Waals surface area contributed by atoms with Gasteiger partial charge in [-0.15, -0.1) is 0 Å². The lowest BCUT2D eigenvalue weighted by atomic mass is 10.2. The number of hydrogen-bond donors (Lipinski definition) is 1. The third-order valence-electron chi connectivity index (χ3n) is 2.34. The van der Waals surface area contributed by atoms with Crippen LogP contribution in [0.15, 0.2) is 33.6 Å². The molecule has 0 bridgehead atoms. The lowest BCUT2D eigenvalue weighted by Crippen LogP contribution is -2.14. The van der Waals surface area contributed by atoms with Crippen LogP contribution in [0.3, 0.4) is 0 Å². The molecule has 10 heteroatoms. The van der Waals surface area contributed by atoms with Crippen molar-refractivity contribution in [2.24, 2.45) is 0 Å². The first-order valence-corrected chi connectivity index (χ1v) is 7.28. The van der Waals surface area contributed by atoms with Crippen molar-refractivity contribution in [3.63, 3.8) is 0 Å². The van der Waals surface area contributed by atoms with E-state index in [4.69, 9.17) is 11.6 Å². The number of nitro benzene ring substituents is 1. The molecular formula is C11H5Br2ClN4O3. The molecule has 108 valence electrons. The van der Waals surface area contributed by atoms with Gasteiger partial charge in [0.1, 0.15) is 9.21 Å². The summed E-state index contributed by atoms with van der Waals surface area (Å²) in [5.74, 6) is -0.452. The molecule has 2 rings (SSSR count). The molecule has 0 aliphatic carbocycles. The third kappa shape index (κ3) is 3.74. The number of non-ortho nitro benzene ring substituents is 1. The summed E-state index contributed by atoms with van der Waals surface area (Å²) in [6.45, 7) is 0. The molecule has 2 aromatic rings. The van der Waals surface area contributed by atoms with Crippen molar-refractivity contribution in [3.8, 4) is 0 Å². The summed E-state index contributed by atoms with van der Waals surface area (Å²) in [7, 11) is 0. The molecule has 1 heterocycles. The number of amides is 1. The first-order valence-electron chi connectivity index (χ1n) is 5.32. The highest BCUT2D eigenvalue weighted by molar-refractivity contribution is 9.11. The number of rotatable bonds is 3. The van der Waals surface area contributed by atoms with Crippen molar-refractivity contribution < 1.29 is 9.72 Å². The summed E-state index contributed by atoms with van der Waals surface area (Å²) in [6.07, 6.45) is 1.40. The van der Waals surface area contributed by atoms with Crippen LogP contribution in [0.5, 0.6) is 0 Å². The molecule has 0 radical (unpaired) electrons. The Kier molecular flexibility index (Phi) is 4.86. The van der Waals surface area contributed by atoms with Crippen LogP contribution in [0, 0.1) is 10.1 Å². The van der Waals surface area contributed by atoms with Gasteiger partial charge in [-0.2, -0.15) is 0 Å². The lowest BCUT2D eigenvalue weighted by Gasteiger charge is -2.07. The highest BCUT2D eigenvalue weighted by atomic mass is 79.9. The maximum atomic E-state index is 12.1. The van der Waals surface area contributed by atoms with Crippen LogP contribution < -0.4 is 5.32 Å². The Bertz CT molecular complexity index is 741. The van der Waals surface area contributed by atoms with Gasteiger partial charge in [-0.05, 0) is 37.9 Å². The summed E-state index contributed by atoms with van der Waals surface area (Å²) >= 11 is 12.2. The number of nitro groups is 1. The largest absolute Gasteiger partial charge is 0.304 e. The number of carbonyl (C=O) groups excluding carboxylic acids is 1. The molecule has 1 N–H and O–H groups in total. The number of carbonyl (C=O) groups is 1. The molecule has 0 fully saturated rings. The number of nitrogens with zero attached hydrogens (tertiary/aromatic N) is 3. The van der Waals surface area contributed by atoms with E-state index in [2.05, 4.69) is 47.1 Å². The van der Waals surface area contributed by atoms with Crippen LogP contribution >= 0.6 is 43.5 Å². The zero-order chi connectivity index (χ0) is 15.6. The quantitative estimate of drug-likeness (QED) is 0.583. The molecule has 1 aromatic heterocycles. The van der Waals surface area contributed by atoms with Crippen molar-refractivity contribution >= 4 is 60.9 Å². The summed E-state index contributed by atoms with van der Waals surface area (Å²) in [5, 5.41) is 13.3. The topological polar surface area (TPSA) is 98.0 Å². The Morgan fingerprint density at radius 1 is 1.38 bits per heavy atom. The monoisotopic (exact) mass is 434 g/mol. The fourth-order valence-corrected chi connectivity index (χ4v) is 2.52. The van der Waals surface area contributed by atoms with E-state index in [0.717, 1.165) is 6.07 Å². The number of nitrogens with one attached hydrogen (secondary N) is 1. The van der Waals surface area contributed by atoms with E-state index < -0.39 is 10.8 Å². The molecule has 0 unspecified atom stereocenters. The summed E-state index contributed by atoms with van der Waals surface area (Å²) in [4.78, 5) is 30.2. The zero-order valence-corrected chi connectivity index (χ0v) is 13.9. The van der Waals surface area contributed by atoms with Gasteiger partial charge in [0, 0.05) is 12.1 Å². The molecule has 0 aliphatic heterocycles. The molecule has 1 amide bonds. The van der Waals surface area contributed by atoms with E-state index in [1.165, 1.54) is 18.3 Å². The van der Waals surface area contributed by atoms with Gasteiger partial charge >= 0.3 is 0 Å².